The van der Waals surface area contributed by atoms with E-state index in [2.05, 4.69) is 30.3 Å². The molecule has 1 N–H and O–H groups in total. The Morgan fingerprint density at radius 3 is 2.57 bits per heavy atom. The fourth-order valence-corrected chi connectivity index (χ4v) is 5.55. The maximum Gasteiger partial charge on any atom is 0.225 e. The van der Waals surface area contributed by atoms with Gasteiger partial charge in [0.05, 0.1) is 13.2 Å². The fourth-order valence-electron chi connectivity index (χ4n) is 5.55. The maximum atomic E-state index is 13.0. The number of carbonyl (C=O) groups excluding carboxylic acids is 1. The van der Waals surface area contributed by atoms with Crippen LogP contribution in [0.3, 0.4) is 0 Å². The molecule has 4 nitrogen and oxygen atoms in total. The summed E-state index contributed by atoms with van der Waals surface area (Å²) >= 11 is 0. The molecule has 28 heavy (non-hydrogen) atoms. The van der Waals surface area contributed by atoms with Crippen molar-refractivity contribution in [1.29, 1.82) is 0 Å². The number of methoxy groups -OCH3 is 1. The largest absolute Gasteiger partial charge is 0.497 e. The molecule has 2 fully saturated rings. The standard InChI is InChI=1S/C24H25NO3/c1-28-19-10-7-16(8-11-19)20-12-9-18-15-22(17-5-3-2-4-6-17)25-23(26)14-13-21(20)24(18,25)27/h2-8,10-12,18,21-22,27H,9,13-15H2,1H3/t18?,21-,22-,24-/m0/s1. The minimum Gasteiger partial charge on any atom is -0.497 e. The van der Waals surface area contributed by atoms with E-state index in [-0.39, 0.29) is 23.8 Å². The summed E-state index contributed by atoms with van der Waals surface area (Å²) < 4.78 is 5.28. The quantitative estimate of drug-likeness (QED) is 0.876. The third kappa shape index (κ3) is 2.44. The Morgan fingerprint density at radius 2 is 1.86 bits per heavy atom. The normalized spacial score (nSPS) is 31.4. The summed E-state index contributed by atoms with van der Waals surface area (Å²) in [5.41, 5.74) is 2.29. The molecule has 2 aromatic rings. The second-order valence-corrected chi connectivity index (χ2v) is 8.12. The van der Waals surface area contributed by atoms with Crippen LogP contribution >= 0.6 is 0 Å². The lowest BCUT2D eigenvalue weighted by Gasteiger charge is -2.51. The Labute approximate surface area is 165 Å². The lowest BCUT2D eigenvalue weighted by atomic mass is 9.68. The van der Waals surface area contributed by atoms with E-state index >= 15 is 0 Å². The van der Waals surface area contributed by atoms with Crippen molar-refractivity contribution in [3.8, 4) is 5.75 Å². The van der Waals surface area contributed by atoms with E-state index in [9.17, 15) is 9.90 Å². The van der Waals surface area contributed by atoms with E-state index < -0.39 is 5.72 Å². The topological polar surface area (TPSA) is 49.8 Å². The van der Waals surface area contributed by atoms with E-state index in [0.717, 1.165) is 35.3 Å². The molecule has 3 aliphatic rings. The molecule has 0 aromatic heterocycles. The Hall–Kier alpha value is -2.59. The monoisotopic (exact) mass is 375 g/mol. The molecule has 4 atom stereocenters. The van der Waals surface area contributed by atoms with Crippen molar-refractivity contribution in [2.45, 2.75) is 37.5 Å². The molecule has 0 radical (unpaired) electrons. The van der Waals surface area contributed by atoms with Crippen LogP contribution in [0.25, 0.3) is 5.57 Å². The molecule has 4 heteroatoms. The molecule has 2 saturated heterocycles. The minimum absolute atomic E-state index is 0.0462. The zero-order valence-electron chi connectivity index (χ0n) is 16.0. The summed E-state index contributed by atoms with van der Waals surface area (Å²) in [5, 5.41) is 12.0. The van der Waals surface area contributed by atoms with Gasteiger partial charge in [-0.25, -0.2) is 0 Å². The van der Waals surface area contributed by atoms with Crippen LogP contribution in [-0.2, 0) is 4.79 Å². The number of benzene rings is 2. The van der Waals surface area contributed by atoms with Crippen molar-refractivity contribution in [2.75, 3.05) is 7.11 Å². The van der Waals surface area contributed by atoms with Crippen molar-refractivity contribution in [3.05, 3.63) is 71.8 Å². The molecule has 1 aliphatic carbocycles. The molecule has 1 amide bonds. The van der Waals surface area contributed by atoms with Gasteiger partial charge in [0.25, 0.3) is 0 Å². The average molecular weight is 375 g/mol. The van der Waals surface area contributed by atoms with Gasteiger partial charge in [-0.2, -0.15) is 0 Å². The van der Waals surface area contributed by atoms with Crippen LogP contribution in [0.4, 0.5) is 0 Å². The average Bonchev–Trinajstić information content (AvgIpc) is 3.05. The SMILES string of the molecule is COc1ccc(C2=CCC3C[C@@H](c4ccccc4)N4C(=O)CC[C@@H]2[C@@]34O)cc1. The zero-order chi connectivity index (χ0) is 19.3. The predicted molar refractivity (Wildman–Crippen MR) is 107 cm³/mol. The molecular weight excluding hydrogens is 350 g/mol. The van der Waals surface area contributed by atoms with Crippen LogP contribution in [0.15, 0.2) is 60.7 Å². The van der Waals surface area contributed by atoms with Crippen LogP contribution in [0, 0.1) is 11.8 Å². The lowest BCUT2D eigenvalue weighted by Crippen LogP contribution is -2.60. The molecule has 2 aromatic carbocycles. The van der Waals surface area contributed by atoms with Gasteiger partial charge in [-0.15, -0.1) is 0 Å². The van der Waals surface area contributed by atoms with E-state index in [0.29, 0.717) is 12.8 Å². The molecule has 0 bridgehead atoms. The van der Waals surface area contributed by atoms with Crippen LogP contribution in [0.5, 0.6) is 5.75 Å². The first-order valence-corrected chi connectivity index (χ1v) is 10.1. The Kier molecular flexibility index (Phi) is 4.06. The van der Waals surface area contributed by atoms with Gasteiger partial charge in [-0.3, -0.25) is 4.79 Å². The predicted octanol–water partition coefficient (Wildman–Crippen LogP) is 4.17. The second-order valence-electron chi connectivity index (χ2n) is 8.12. The number of carbonyl (C=O) groups is 1. The number of hydrogen-bond acceptors (Lipinski definition) is 3. The third-order valence-electron chi connectivity index (χ3n) is 6.84. The highest BCUT2D eigenvalue weighted by Gasteiger charge is 2.62. The number of amides is 1. The van der Waals surface area contributed by atoms with Gasteiger partial charge in [0.2, 0.25) is 5.91 Å². The number of rotatable bonds is 3. The Bertz CT molecular complexity index is 921. The first-order valence-electron chi connectivity index (χ1n) is 10.1. The van der Waals surface area contributed by atoms with E-state index in [1.54, 1.807) is 7.11 Å². The highest BCUT2D eigenvalue weighted by molar-refractivity contribution is 5.82. The smallest absolute Gasteiger partial charge is 0.225 e. The van der Waals surface area contributed by atoms with Gasteiger partial charge in [-0.05, 0) is 48.1 Å². The highest BCUT2D eigenvalue weighted by Crippen LogP contribution is 2.58. The van der Waals surface area contributed by atoms with Crippen molar-refractivity contribution in [1.82, 2.24) is 4.90 Å². The van der Waals surface area contributed by atoms with E-state index in [4.69, 9.17) is 4.74 Å². The van der Waals surface area contributed by atoms with Crippen molar-refractivity contribution >= 4 is 11.5 Å². The number of allylic oxidation sites excluding steroid dienone is 1. The first kappa shape index (κ1) is 17.5. The Morgan fingerprint density at radius 1 is 1.11 bits per heavy atom. The molecule has 144 valence electrons. The molecule has 0 saturated carbocycles. The lowest BCUT2D eigenvalue weighted by molar-refractivity contribution is -0.187. The van der Waals surface area contributed by atoms with Gasteiger partial charge in [0, 0.05) is 18.3 Å². The summed E-state index contributed by atoms with van der Waals surface area (Å²) in [6.07, 6.45) is 5.07. The van der Waals surface area contributed by atoms with E-state index in [1.807, 2.05) is 35.2 Å². The van der Waals surface area contributed by atoms with Gasteiger partial charge >= 0.3 is 0 Å². The van der Waals surface area contributed by atoms with Crippen LogP contribution in [-0.4, -0.2) is 28.7 Å². The van der Waals surface area contributed by atoms with Crippen LogP contribution in [0.1, 0.15) is 42.9 Å². The summed E-state index contributed by atoms with van der Waals surface area (Å²) in [5.74, 6) is 0.924. The molecule has 0 spiro atoms. The highest BCUT2D eigenvalue weighted by atomic mass is 16.5. The first-order chi connectivity index (χ1) is 13.6. The summed E-state index contributed by atoms with van der Waals surface area (Å²) in [4.78, 5) is 14.8. The number of piperidine rings is 1. The Balaban J connectivity index is 1.55. The van der Waals surface area contributed by atoms with Gasteiger partial charge in [-0.1, -0.05) is 48.5 Å². The number of ether oxygens (including phenoxy) is 1. The van der Waals surface area contributed by atoms with Crippen molar-refractivity contribution in [2.24, 2.45) is 11.8 Å². The summed E-state index contributed by atoms with van der Waals surface area (Å²) in [6.45, 7) is 0. The fraction of sp³-hybridized carbons (Fsp3) is 0.375. The van der Waals surface area contributed by atoms with Crippen molar-refractivity contribution < 1.29 is 14.6 Å². The molecule has 1 unspecified atom stereocenters. The molecule has 2 heterocycles. The zero-order valence-corrected chi connectivity index (χ0v) is 16.0. The molecule has 5 rings (SSSR count). The minimum atomic E-state index is -1.10. The van der Waals surface area contributed by atoms with E-state index in [1.165, 1.54) is 0 Å². The second kappa shape index (κ2) is 6.49. The van der Waals surface area contributed by atoms with Crippen molar-refractivity contribution in [3.63, 3.8) is 0 Å². The molecular formula is C24H25NO3. The third-order valence-corrected chi connectivity index (χ3v) is 6.84. The number of nitrogens with zero attached hydrogens (tertiary/aromatic N) is 1. The summed E-state index contributed by atoms with van der Waals surface area (Å²) in [7, 11) is 1.66. The number of hydrogen-bond donors (Lipinski definition) is 1. The van der Waals surface area contributed by atoms with Gasteiger partial charge in [0.1, 0.15) is 5.75 Å². The maximum absolute atomic E-state index is 13.0. The van der Waals surface area contributed by atoms with Crippen LogP contribution in [0.2, 0.25) is 0 Å². The van der Waals surface area contributed by atoms with Gasteiger partial charge in [0.15, 0.2) is 5.72 Å². The number of aliphatic hydroxyl groups is 1. The summed E-state index contributed by atoms with van der Waals surface area (Å²) in [6, 6.07) is 18.1. The molecule has 2 aliphatic heterocycles. The van der Waals surface area contributed by atoms with Gasteiger partial charge < -0.3 is 14.7 Å². The van der Waals surface area contributed by atoms with Crippen LogP contribution < -0.4 is 4.74 Å².